The largest absolute Gasteiger partial charge is 0.481 e. The van der Waals surface area contributed by atoms with Gasteiger partial charge >= 0.3 is 5.97 Å². The minimum absolute atomic E-state index is 0.230. The van der Waals surface area contributed by atoms with Crippen molar-refractivity contribution in [2.45, 2.75) is 13.0 Å². The highest BCUT2D eigenvalue weighted by atomic mass is 16.5. The second-order valence-electron chi connectivity index (χ2n) is 4.63. The Hall–Kier alpha value is -2.22. The molecule has 0 spiro atoms. The lowest BCUT2D eigenvalue weighted by Crippen LogP contribution is -2.43. The van der Waals surface area contributed by atoms with Crippen molar-refractivity contribution < 1.29 is 14.6 Å². The number of fused-ring (bicyclic) bond motifs is 1. The van der Waals surface area contributed by atoms with E-state index >= 15 is 0 Å². The molecule has 2 aromatic rings. The molecule has 2 N–H and O–H groups in total. The lowest BCUT2D eigenvalue weighted by atomic mass is 10.0. The molecule has 20 heavy (non-hydrogen) atoms. The summed E-state index contributed by atoms with van der Waals surface area (Å²) in [5.41, 5.74) is 1.28. The third-order valence-electron chi connectivity index (χ3n) is 3.58. The molecular formula is C12H15N5O3. The topological polar surface area (TPSA) is 104 Å². The van der Waals surface area contributed by atoms with Crippen LogP contribution in [-0.2, 0) is 9.53 Å². The van der Waals surface area contributed by atoms with Crippen LogP contribution in [0.25, 0.3) is 11.2 Å². The summed E-state index contributed by atoms with van der Waals surface area (Å²) in [5, 5.41) is 9.29. The van der Waals surface area contributed by atoms with E-state index in [0.717, 1.165) is 0 Å². The highest BCUT2D eigenvalue weighted by Crippen LogP contribution is 2.27. The summed E-state index contributed by atoms with van der Waals surface area (Å²) in [7, 11) is 0. The number of anilines is 1. The molecule has 0 amide bonds. The van der Waals surface area contributed by atoms with Gasteiger partial charge in [-0.25, -0.2) is 15.0 Å². The first-order valence-electron chi connectivity index (χ1n) is 6.43. The molecule has 1 saturated heterocycles. The zero-order valence-corrected chi connectivity index (χ0v) is 11.0. The van der Waals surface area contributed by atoms with Gasteiger partial charge in [0.15, 0.2) is 11.5 Å². The molecule has 1 fully saturated rings. The van der Waals surface area contributed by atoms with Gasteiger partial charge in [-0.15, -0.1) is 0 Å². The summed E-state index contributed by atoms with van der Waals surface area (Å²) in [6.45, 7) is 3.20. The number of hydrogen-bond acceptors (Lipinski definition) is 6. The Morgan fingerprint density at radius 3 is 3.10 bits per heavy atom. The van der Waals surface area contributed by atoms with Crippen LogP contribution in [0.3, 0.4) is 0 Å². The molecule has 0 bridgehead atoms. The molecule has 3 rings (SSSR count). The normalized spacial score (nSPS) is 22.2. The first-order chi connectivity index (χ1) is 9.72. The first-order valence-corrected chi connectivity index (χ1v) is 6.43. The van der Waals surface area contributed by atoms with Gasteiger partial charge in [0.05, 0.1) is 25.6 Å². The number of nitrogens with one attached hydrogen (secondary N) is 1. The standard InChI is InChI=1S/C12H15N5O3/c1-2-17(8-4-20-3-7(8)12(18)19)11-9-10(14-5-13-9)15-6-16-11/h5-8H,2-4H2,1H3,(H,18,19)(H,13,14,15,16). The summed E-state index contributed by atoms with van der Waals surface area (Å²) in [4.78, 5) is 28.7. The highest BCUT2D eigenvalue weighted by molar-refractivity contribution is 5.83. The Bertz CT molecular complexity index is 628. The van der Waals surface area contributed by atoms with Crippen LogP contribution in [0.4, 0.5) is 5.82 Å². The van der Waals surface area contributed by atoms with Gasteiger partial charge in [-0.05, 0) is 6.92 Å². The van der Waals surface area contributed by atoms with E-state index in [2.05, 4.69) is 19.9 Å². The maximum absolute atomic E-state index is 11.3. The zero-order chi connectivity index (χ0) is 14.1. The number of imidazole rings is 1. The Labute approximate surface area is 114 Å². The summed E-state index contributed by atoms with van der Waals surface area (Å²) >= 11 is 0. The molecule has 0 aliphatic carbocycles. The average molecular weight is 277 g/mol. The van der Waals surface area contributed by atoms with Crippen molar-refractivity contribution in [3.63, 3.8) is 0 Å². The van der Waals surface area contributed by atoms with E-state index in [9.17, 15) is 9.90 Å². The number of hydrogen-bond donors (Lipinski definition) is 2. The molecule has 2 atom stereocenters. The molecule has 2 unspecified atom stereocenters. The highest BCUT2D eigenvalue weighted by Gasteiger charge is 2.38. The monoisotopic (exact) mass is 277 g/mol. The predicted molar refractivity (Wildman–Crippen MR) is 70.4 cm³/mol. The minimum atomic E-state index is -0.846. The smallest absolute Gasteiger partial charge is 0.311 e. The quantitative estimate of drug-likeness (QED) is 0.827. The number of carboxylic acids is 1. The summed E-state index contributed by atoms with van der Waals surface area (Å²) < 4.78 is 5.34. The number of rotatable bonds is 4. The van der Waals surface area contributed by atoms with Gasteiger partial charge in [-0.3, -0.25) is 4.79 Å². The number of carbonyl (C=O) groups is 1. The predicted octanol–water partition coefficient (Wildman–Crippen LogP) is 0.279. The molecule has 3 heterocycles. The average Bonchev–Trinajstić information content (AvgIpc) is 3.08. The van der Waals surface area contributed by atoms with Crippen molar-refractivity contribution in [3.8, 4) is 0 Å². The van der Waals surface area contributed by atoms with Crippen molar-refractivity contribution >= 4 is 23.0 Å². The second-order valence-corrected chi connectivity index (χ2v) is 4.63. The lowest BCUT2D eigenvalue weighted by molar-refractivity contribution is -0.141. The Kier molecular flexibility index (Phi) is 3.23. The minimum Gasteiger partial charge on any atom is -0.481 e. The SMILES string of the molecule is CCN(c1ncnc2nc[nH]c12)C1COCC1C(=O)O. The number of carboxylic acid groups (broad SMARTS) is 1. The van der Waals surface area contributed by atoms with Crippen LogP contribution in [0.1, 0.15) is 6.92 Å². The van der Waals surface area contributed by atoms with Gasteiger partial charge in [0.2, 0.25) is 0 Å². The third kappa shape index (κ3) is 1.97. The number of aromatic nitrogens is 4. The van der Waals surface area contributed by atoms with Crippen LogP contribution in [0.15, 0.2) is 12.7 Å². The van der Waals surface area contributed by atoms with E-state index < -0.39 is 11.9 Å². The van der Waals surface area contributed by atoms with Crippen molar-refractivity contribution in [2.75, 3.05) is 24.7 Å². The maximum Gasteiger partial charge on any atom is 0.311 e. The molecule has 1 aliphatic heterocycles. The number of likely N-dealkylation sites (N-methyl/N-ethyl adjacent to an activating group) is 1. The van der Waals surface area contributed by atoms with Crippen LogP contribution < -0.4 is 4.90 Å². The zero-order valence-electron chi connectivity index (χ0n) is 11.0. The molecule has 106 valence electrons. The fourth-order valence-corrected chi connectivity index (χ4v) is 2.60. The van der Waals surface area contributed by atoms with Crippen LogP contribution in [0.5, 0.6) is 0 Å². The van der Waals surface area contributed by atoms with E-state index in [0.29, 0.717) is 30.1 Å². The number of ether oxygens (including phenoxy) is 1. The lowest BCUT2D eigenvalue weighted by Gasteiger charge is -2.30. The fraction of sp³-hybridized carbons (Fsp3) is 0.500. The summed E-state index contributed by atoms with van der Waals surface area (Å²) in [6, 6.07) is -0.237. The molecule has 0 aromatic carbocycles. The van der Waals surface area contributed by atoms with E-state index in [1.54, 1.807) is 6.33 Å². The van der Waals surface area contributed by atoms with Crippen LogP contribution in [0, 0.1) is 5.92 Å². The van der Waals surface area contributed by atoms with Gasteiger partial charge < -0.3 is 19.7 Å². The molecule has 0 radical (unpaired) electrons. The van der Waals surface area contributed by atoms with Crippen LogP contribution >= 0.6 is 0 Å². The molecule has 2 aromatic heterocycles. The number of aliphatic carboxylic acids is 1. The maximum atomic E-state index is 11.3. The summed E-state index contributed by atoms with van der Waals surface area (Å²) in [5.74, 6) is -0.736. The molecule has 0 saturated carbocycles. The Balaban J connectivity index is 2.01. The molecule has 8 nitrogen and oxygen atoms in total. The van der Waals surface area contributed by atoms with Gasteiger partial charge in [0, 0.05) is 6.54 Å². The van der Waals surface area contributed by atoms with E-state index in [4.69, 9.17) is 4.74 Å². The molecule has 1 aliphatic rings. The van der Waals surface area contributed by atoms with E-state index in [1.807, 2.05) is 11.8 Å². The second kappa shape index (κ2) is 5.04. The molecular weight excluding hydrogens is 262 g/mol. The van der Waals surface area contributed by atoms with Gasteiger partial charge in [0.25, 0.3) is 0 Å². The van der Waals surface area contributed by atoms with Crippen LogP contribution in [0.2, 0.25) is 0 Å². The number of nitrogens with zero attached hydrogens (tertiary/aromatic N) is 4. The van der Waals surface area contributed by atoms with Crippen molar-refractivity contribution in [1.82, 2.24) is 19.9 Å². The van der Waals surface area contributed by atoms with Crippen LogP contribution in [-0.4, -0.2) is 56.8 Å². The van der Waals surface area contributed by atoms with E-state index in [-0.39, 0.29) is 12.6 Å². The van der Waals surface area contributed by atoms with Crippen molar-refractivity contribution in [1.29, 1.82) is 0 Å². The van der Waals surface area contributed by atoms with Crippen molar-refractivity contribution in [3.05, 3.63) is 12.7 Å². The van der Waals surface area contributed by atoms with E-state index in [1.165, 1.54) is 6.33 Å². The van der Waals surface area contributed by atoms with Gasteiger partial charge in [-0.1, -0.05) is 0 Å². The fourth-order valence-electron chi connectivity index (χ4n) is 2.60. The van der Waals surface area contributed by atoms with Gasteiger partial charge in [-0.2, -0.15) is 0 Å². The first kappa shape index (κ1) is 12.8. The van der Waals surface area contributed by atoms with Crippen molar-refractivity contribution in [2.24, 2.45) is 5.92 Å². The number of aromatic amines is 1. The Morgan fingerprint density at radius 1 is 1.50 bits per heavy atom. The number of H-pyrrole nitrogens is 1. The van der Waals surface area contributed by atoms with Gasteiger partial charge in [0.1, 0.15) is 17.8 Å². The Morgan fingerprint density at radius 2 is 2.35 bits per heavy atom. The molecule has 8 heteroatoms. The summed E-state index contributed by atoms with van der Waals surface area (Å²) in [6.07, 6.45) is 2.99. The third-order valence-corrected chi connectivity index (χ3v) is 3.58.